The van der Waals surface area contributed by atoms with Crippen molar-refractivity contribution in [3.63, 3.8) is 0 Å². The van der Waals surface area contributed by atoms with Crippen LogP contribution in [0.5, 0.6) is 0 Å². The number of carbonyl (C=O) groups is 1. The molecule has 0 heterocycles. The zero-order valence-electron chi connectivity index (χ0n) is 8.79. The Morgan fingerprint density at radius 3 is 2.93 bits per heavy atom. The second kappa shape index (κ2) is 5.98. The fraction of sp³-hybridized carbons (Fsp3) is 0.900. The molecular weight excluding hydrogens is 180 g/mol. The lowest BCUT2D eigenvalue weighted by Crippen LogP contribution is -2.29. The molecular formula is C10H20N2O2. The summed E-state index contributed by atoms with van der Waals surface area (Å²) in [5.74, 6) is 0.656. The van der Waals surface area contributed by atoms with Gasteiger partial charge in [0, 0.05) is 26.1 Å². The highest BCUT2D eigenvalue weighted by molar-refractivity contribution is 5.75. The predicted octanol–water partition coefficient (Wildman–Crippen LogP) is 0.267. The SMILES string of the molecule is COCCC(=O)NC[C@@H]1CC[C@H](N)C1. The van der Waals surface area contributed by atoms with Crippen LogP contribution < -0.4 is 11.1 Å². The van der Waals surface area contributed by atoms with Crippen LogP contribution in [-0.2, 0) is 9.53 Å². The van der Waals surface area contributed by atoms with Gasteiger partial charge in [0.15, 0.2) is 0 Å². The maximum atomic E-state index is 11.2. The lowest BCUT2D eigenvalue weighted by Gasteiger charge is -2.10. The van der Waals surface area contributed by atoms with E-state index >= 15 is 0 Å². The number of rotatable bonds is 5. The van der Waals surface area contributed by atoms with Crippen molar-refractivity contribution in [2.75, 3.05) is 20.3 Å². The topological polar surface area (TPSA) is 64.3 Å². The first-order valence-corrected chi connectivity index (χ1v) is 5.23. The number of hydrogen-bond acceptors (Lipinski definition) is 3. The van der Waals surface area contributed by atoms with Gasteiger partial charge in [-0.1, -0.05) is 0 Å². The van der Waals surface area contributed by atoms with Crippen molar-refractivity contribution in [1.82, 2.24) is 5.32 Å². The number of carbonyl (C=O) groups excluding carboxylic acids is 1. The van der Waals surface area contributed by atoms with Crippen molar-refractivity contribution in [3.05, 3.63) is 0 Å². The highest BCUT2D eigenvalue weighted by Gasteiger charge is 2.21. The second-order valence-electron chi connectivity index (χ2n) is 3.99. The minimum Gasteiger partial charge on any atom is -0.384 e. The molecule has 1 aliphatic rings. The van der Waals surface area contributed by atoms with Gasteiger partial charge in [0.1, 0.15) is 0 Å². The average molecular weight is 200 g/mol. The fourth-order valence-corrected chi connectivity index (χ4v) is 1.84. The molecule has 82 valence electrons. The molecule has 0 aromatic rings. The van der Waals surface area contributed by atoms with Crippen LogP contribution in [0.3, 0.4) is 0 Å². The molecule has 1 fully saturated rings. The van der Waals surface area contributed by atoms with Crippen molar-refractivity contribution in [2.45, 2.75) is 31.7 Å². The molecule has 1 saturated carbocycles. The van der Waals surface area contributed by atoms with E-state index in [4.69, 9.17) is 10.5 Å². The molecule has 1 rings (SSSR count). The summed E-state index contributed by atoms with van der Waals surface area (Å²) in [5.41, 5.74) is 5.78. The molecule has 2 atom stereocenters. The van der Waals surface area contributed by atoms with Gasteiger partial charge < -0.3 is 15.8 Å². The normalized spacial score (nSPS) is 26.4. The van der Waals surface area contributed by atoms with E-state index in [1.807, 2.05) is 0 Å². The molecule has 0 aromatic carbocycles. The van der Waals surface area contributed by atoms with Crippen LogP contribution in [0.1, 0.15) is 25.7 Å². The molecule has 1 amide bonds. The monoisotopic (exact) mass is 200 g/mol. The molecule has 4 heteroatoms. The maximum Gasteiger partial charge on any atom is 0.222 e. The summed E-state index contributed by atoms with van der Waals surface area (Å²) in [7, 11) is 1.60. The standard InChI is InChI=1S/C10H20N2O2/c1-14-5-4-10(13)12-7-8-2-3-9(11)6-8/h8-9H,2-7,11H2,1H3,(H,12,13)/t8-,9+/m1/s1. The third-order valence-corrected chi connectivity index (χ3v) is 2.70. The van der Waals surface area contributed by atoms with Crippen molar-refractivity contribution in [2.24, 2.45) is 11.7 Å². The predicted molar refractivity (Wildman–Crippen MR) is 54.8 cm³/mol. The van der Waals surface area contributed by atoms with Gasteiger partial charge in [0.2, 0.25) is 5.91 Å². The smallest absolute Gasteiger partial charge is 0.222 e. The Kier molecular flexibility index (Phi) is 4.90. The lowest BCUT2D eigenvalue weighted by molar-refractivity contribution is -0.122. The van der Waals surface area contributed by atoms with Crippen LogP contribution in [-0.4, -0.2) is 32.2 Å². The molecule has 4 nitrogen and oxygen atoms in total. The van der Waals surface area contributed by atoms with E-state index in [9.17, 15) is 4.79 Å². The first-order valence-electron chi connectivity index (χ1n) is 5.23. The van der Waals surface area contributed by atoms with Gasteiger partial charge in [0.25, 0.3) is 0 Å². The highest BCUT2D eigenvalue weighted by Crippen LogP contribution is 2.22. The van der Waals surface area contributed by atoms with Crippen LogP contribution in [0.15, 0.2) is 0 Å². The Bertz CT molecular complexity index is 185. The van der Waals surface area contributed by atoms with Crippen molar-refractivity contribution < 1.29 is 9.53 Å². The number of nitrogens with two attached hydrogens (primary N) is 1. The van der Waals surface area contributed by atoms with E-state index in [0.29, 0.717) is 25.0 Å². The molecule has 0 radical (unpaired) electrons. The number of ether oxygens (including phenoxy) is 1. The van der Waals surface area contributed by atoms with Gasteiger partial charge in [-0.2, -0.15) is 0 Å². The van der Waals surface area contributed by atoms with Crippen LogP contribution in [0.25, 0.3) is 0 Å². The summed E-state index contributed by atoms with van der Waals surface area (Å²) in [4.78, 5) is 11.2. The molecule has 0 bridgehead atoms. The minimum absolute atomic E-state index is 0.0762. The van der Waals surface area contributed by atoms with Gasteiger partial charge in [-0.25, -0.2) is 0 Å². The van der Waals surface area contributed by atoms with Gasteiger partial charge >= 0.3 is 0 Å². The number of methoxy groups -OCH3 is 1. The fourth-order valence-electron chi connectivity index (χ4n) is 1.84. The molecule has 0 aliphatic heterocycles. The summed E-state index contributed by atoms with van der Waals surface area (Å²) in [5, 5.41) is 2.91. The third kappa shape index (κ3) is 4.07. The Morgan fingerprint density at radius 1 is 1.57 bits per heavy atom. The molecule has 3 N–H and O–H groups in total. The number of hydrogen-bond donors (Lipinski definition) is 2. The van der Waals surface area contributed by atoms with Gasteiger partial charge in [-0.3, -0.25) is 4.79 Å². The average Bonchev–Trinajstić information content (AvgIpc) is 2.58. The Balaban J connectivity index is 2.05. The van der Waals surface area contributed by atoms with Gasteiger partial charge in [-0.05, 0) is 25.2 Å². The summed E-state index contributed by atoms with van der Waals surface area (Å²) < 4.78 is 4.82. The van der Waals surface area contributed by atoms with Crippen LogP contribution in [0, 0.1) is 5.92 Å². The number of amides is 1. The largest absolute Gasteiger partial charge is 0.384 e. The van der Waals surface area contributed by atoms with Crippen LogP contribution >= 0.6 is 0 Å². The maximum absolute atomic E-state index is 11.2. The quantitative estimate of drug-likeness (QED) is 0.669. The van der Waals surface area contributed by atoms with Crippen LogP contribution in [0.2, 0.25) is 0 Å². The Hall–Kier alpha value is -0.610. The molecule has 0 saturated heterocycles. The molecule has 0 unspecified atom stereocenters. The van der Waals surface area contributed by atoms with E-state index in [1.54, 1.807) is 7.11 Å². The van der Waals surface area contributed by atoms with E-state index in [-0.39, 0.29) is 5.91 Å². The molecule has 0 spiro atoms. The van der Waals surface area contributed by atoms with E-state index in [2.05, 4.69) is 5.32 Å². The molecule has 1 aliphatic carbocycles. The first-order chi connectivity index (χ1) is 6.72. The summed E-state index contributed by atoms with van der Waals surface area (Å²) in [6, 6.07) is 0.343. The highest BCUT2D eigenvalue weighted by atomic mass is 16.5. The Labute approximate surface area is 85.2 Å². The Morgan fingerprint density at radius 2 is 2.36 bits per heavy atom. The summed E-state index contributed by atoms with van der Waals surface area (Å²) in [6.45, 7) is 1.27. The first kappa shape index (κ1) is 11.5. The second-order valence-corrected chi connectivity index (χ2v) is 3.99. The molecule has 0 aromatic heterocycles. The van der Waals surface area contributed by atoms with Crippen molar-refractivity contribution in [3.8, 4) is 0 Å². The zero-order chi connectivity index (χ0) is 10.4. The van der Waals surface area contributed by atoms with Gasteiger partial charge in [0.05, 0.1) is 6.61 Å². The third-order valence-electron chi connectivity index (χ3n) is 2.70. The summed E-state index contributed by atoms with van der Waals surface area (Å²) in [6.07, 6.45) is 3.74. The minimum atomic E-state index is 0.0762. The van der Waals surface area contributed by atoms with Crippen molar-refractivity contribution >= 4 is 5.91 Å². The summed E-state index contributed by atoms with van der Waals surface area (Å²) >= 11 is 0. The van der Waals surface area contributed by atoms with E-state index in [1.165, 1.54) is 0 Å². The van der Waals surface area contributed by atoms with E-state index in [0.717, 1.165) is 25.8 Å². The van der Waals surface area contributed by atoms with Crippen molar-refractivity contribution in [1.29, 1.82) is 0 Å². The lowest BCUT2D eigenvalue weighted by atomic mass is 10.1. The zero-order valence-corrected chi connectivity index (χ0v) is 8.79. The van der Waals surface area contributed by atoms with Gasteiger partial charge in [-0.15, -0.1) is 0 Å². The number of nitrogens with one attached hydrogen (secondary N) is 1. The van der Waals surface area contributed by atoms with Crippen LogP contribution in [0.4, 0.5) is 0 Å². The van der Waals surface area contributed by atoms with E-state index < -0.39 is 0 Å². The molecule has 14 heavy (non-hydrogen) atoms.